The van der Waals surface area contributed by atoms with Crippen LogP contribution in [0.3, 0.4) is 0 Å². The zero-order valence-corrected chi connectivity index (χ0v) is 14.9. The number of piperidine rings is 1. The van der Waals surface area contributed by atoms with Crippen molar-refractivity contribution in [1.29, 1.82) is 0 Å². The maximum Gasteiger partial charge on any atom is 0.119 e. The van der Waals surface area contributed by atoms with Crippen molar-refractivity contribution in [2.75, 3.05) is 13.1 Å². The van der Waals surface area contributed by atoms with E-state index in [1.165, 1.54) is 49.9 Å². The molecule has 1 saturated heterocycles. The van der Waals surface area contributed by atoms with Gasteiger partial charge in [0.25, 0.3) is 0 Å². The van der Waals surface area contributed by atoms with Gasteiger partial charge in [0.2, 0.25) is 0 Å². The Kier molecular flexibility index (Phi) is 4.78. The molecule has 1 spiro atoms. The summed E-state index contributed by atoms with van der Waals surface area (Å²) in [6.45, 7) is 4.08. The standard InChI is InChI=1S/C22H28N2O/c23-20-14-22(15-20)10-12-24(13-11-22)16-18-6-8-21(9-7-18)25-17-19-4-2-1-3-5-19/h1-9,20H,10-17,23H2. The lowest BCUT2D eigenvalue weighted by molar-refractivity contribution is 0.0154. The Morgan fingerprint density at radius 3 is 2.24 bits per heavy atom. The molecule has 0 bridgehead atoms. The molecule has 2 aromatic carbocycles. The summed E-state index contributed by atoms with van der Waals surface area (Å²) in [6, 6.07) is 19.3. The van der Waals surface area contributed by atoms with Crippen LogP contribution in [0, 0.1) is 5.41 Å². The number of nitrogens with zero attached hydrogens (tertiary/aromatic N) is 1. The minimum atomic E-state index is 0.468. The van der Waals surface area contributed by atoms with Crippen LogP contribution in [-0.2, 0) is 13.2 Å². The third kappa shape index (κ3) is 4.05. The molecule has 2 aliphatic rings. The van der Waals surface area contributed by atoms with E-state index >= 15 is 0 Å². The topological polar surface area (TPSA) is 38.5 Å². The van der Waals surface area contributed by atoms with Crippen LogP contribution in [-0.4, -0.2) is 24.0 Å². The number of rotatable bonds is 5. The van der Waals surface area contributed by atoms with Gasteiger partial charge in [-0.3, -0.25) is 4.90 Å². The molecule has 0 radical (unpaired) electrons. The minimum absolute atomic E-state index is 0.468. The summed E-state index contributed by atoms with van der Waals surface area (Å²) in [7, 11) is 0. The molecule has 2 N–H and O–H groups in total. The summed E-state index contributed by atoms with van der Waals surface area (Å²) in [6.07, 6.45) is 5.13. The van der Waals surface area contributed by atoms with Crippen molar-refractivity contribution in [3.8, 4) is 5.75 Å². The van der Waals surface area contributed by atoms with Gasteiger partial charge in [0.05, 0.1) is 0 Å². The van der Waals surface area contributed by atoms with Crippen molar-refractivity contribution in [2.45, 2.75) is 44.9 Å². The SMILES string of the molecule is NC1CC2(CCN(Cc3ccc(OCc4ccccc4)cc3)CC2)C1. The Labute approximate surface area is 150 Å². The van der Waals surface area contributed by atoms with E-state index < -0.39 is 0 Å². The van der Waals surface area contributed by atoms with E-state index in [0.717, 1.165) is 12.3 Å². The molecule has 1 aliphatic carbocycles. The van der Waals surface area contributed by atoms with Crippen LogP contribution >= 0.6 is 0 Å². The van der Waals surface area contributed by atoms with Gasteiger partial charge in [-0.2, -0.15) is 0 Å². The van der Waals surface area contributed by atoms with Gasteiger partial charge < -0.3 is 10.5 Å². The van der Waals surface area contributed by atoms with Crippen molar-refractivity contribution in [3.63, 3.8) is 0 Å². The number of likely N-dealkylation sites (tertiary alicyclic amines) is 1. The number of nitrogens with two attached hydrogens (primary N) is 1. The quantitative estimate of drug-likeness (QED) is 0.898. The molecular weight excluding hydrogens is 308 g/mol. The van der Waals surface area contributed by atoms with E-state index in [2.05, 4.69) is 41.3 Å². The first-order valence-corrected chi connectivity index (χ1v) is 9.44. The predicted octanol–water partition coefficient (Wildman–Crippen LogP) is 3.97. The van der Waals surface area contributed by atoms with E-state index in [1.54, 1.807) is 0 Å². The second-order valence-electron chi connectivity index (χ2n) is 7.86. The lowest BCUT2D eigenvalue weighted by atomic mass is 9.61. The van der Waals surface area contributed by atoms with Gasteiger partial charge in [0.1, 0.15) is 12.4 Å². The Morgan fingerprint density at radius 2 is 1.60 bits per heavy atom. The molecule has 3 nitrogen and oxygen atoms in total. The highest BCUT2D eigenvalue weighted by atomic mass is 16.5. The van der Waals surface area contributed by atoms with Crippen molar-refractivity contribution >= 4 is 0 Å². The third-order valence-corrected chi connectivity index (χ3v) is 5.88. The maximum atomic E-state index is 5.99. The highest BCUT2D eigenvalue weighted by Crippen LogP contribution is 2.48. The average molecular weight is 336 g/mol. The molecular formula is C22H28N2O. The van der Waals surface area contributed by atoms with Crippen LogP contribution < -0.4 is 10.5 Å². The van der Waals surface area contributed by atoms with Crippen molar-refractivity contribution < 1.29 is 4.74 Å². The minimum Gasteiger partial charge on any atom is -0.489 e. The number of hydrogen-bond donors (Lipinski definition) is 1. The molecule has 0 atom stereocenters. The summed E-state index contributed by atoms with van der Waals surface area (Å²) in [5, 5.41) is 0. The summed E-state index contributed by atoms with van der Waals surface area (Å²) < 4.78 is 5.87. The highest BCUT2D eigenvalue weighted by Gasteiger charge is 2.43. The Hall–Kier alpha value is -1.84. The van der Waals surface area contributed by atoms with Crippen LogP contribution in [0.2, 0.25) is 0 Å². The van der Waals surface area contributed by atoms with Crippen molar-refractivity contribution in [1.82, 2.24) is 4.90 Å². The molecule has 1 heterocycles. The van der Waals surface area contributed by atoms with Gasteiger partial charge in [-0.05, 0) is 67.4 Å². The van der Waals surface area contributed by atoms with E-state index in [-0.39, 0.29) is 0 Å². The van der Waals surface area contributed by atoms with Crippen LogP contribution in [0.25, 0.3) is 0 Å². The molecule has 25 heavy (non-hydrogen) atoms. The van der Waals surface area contributed by atoms with Gasteiger partial charge in [-0.15, -0.1) is 0 Å². The maximum absolute atomic E-state index is 5.99. The van der Waals surface area contributed by atoms with Crippen molar-refractivity contribution in [3.05, 3.63) is 65.7 Å². The molecule has 3 heteroatoms. The van der Waals surface area contributed by atoms with Gasteiger partial charge >= 0.3 is 0 Å². The highest BCUT2D eigenvalue weighted by molar-refractivity contribution is 5.28. The second-order valence-corrected chi connectivity index (χ2v) is 7.86. The van der Waals surface area contributed by atoms with Crippen LogP contribution in [0.15, 0.2) is 54.6 Å². The lowest BCUT2D eigenvalue weighted by Crippen LogP contribution is -2.51. The first-order valence-electron chi connectivity index (χ1n) is 9.44. The summed E-state index contributed by atoms with van der Waals surface area (Å²) in [4.78, 5) is 2.58. The number of ether oxygens (including phenoxy) is 1. The number of hydrogen-bond acceptors (Lipinski definition) is 3. The van der Waals surface area contributed by atoms with Gasteiger partial charge in [0.15, 0.2) is 0 Å². The summed E-state index contributed by atoms with van der Waals surface area (Å²) >= 11 is 0. The zero-order valence-electron chi connectivity index (χ0n) is 14.9. The molecule has 1 saturated carbocycles. The first kappa shape index (κ1) is 16.6. The summed E-state index contributed by atoms with van der Waals surface area (Å²) in [5.41, 5.74) is 9.15. The van der Waals surface area contributed by atoms with E-state index in [0.29, 0.717) is 18.1 Å². The average Bonchev–Trinajstić information content (AvgIpc) is 2.63. The number of benzene rings is 2. The molecule has 132 valence electrons. The fourth-order valence-corrected chi connectivity index (χ4v) is 4.34. The van der Waals surface area contributed by atoms with E-state index in [9.17, 15) is 0 Å². The molecule has 2 aromatic rings. The normalized spacial score (nSPS) is 20.4. The van der Waals surface area contributed by atoms with Crippen molar-refractivity contribution in [2.24, 2.45) is 11.1 Å². The lowest BCUT2D eigenvalue weighted by Gasteiger charge is -2.51. The zero-order chi connectivity index (χ0) is 17.1. The molecule has 0 amide bonds. The molecule has 4 rings (SSSR count). The fourth-order valence-electron chi connectivity index (χ4n) is 4.34. The fraction of sp³-hybridized carbons (Fsp3) is 0.455. The molecule has 2 fully saturated rings. The molecule has 0 aromatic heterocycles. The van der Waals surface area contributed by atoms with Crippen LogP contribution in [0.1, 0.15) is 36.8 Å². The van der Waals surface area contributed by atoms with Gasteiger partial charge in [-0.25, -0.2) is 0 Å². The van der Waals surface area contributed by atoms with Gasteiger partial charge in [0, 0.05) is 12.6 Å². The predicted molar refractivity (Wildman–Crippen MR) is 101 cm³/mol. The van der Waals surface area contributed by atoms with Crippen LogP contribution in [0.5, 0.6) is 5.75 Å². The Balaban J connectivity index is 1.25. The Morgan fingerprint density at radius 1 is 0.920 bits per heavy atom. The van der Waals surface area contributed by atoms with E-state index in [4.69, 9.17) is 10.5 Å². The smallest absolute Gasteiger partial charge is 0.119 e. The van der Waals surface area contributed by atoms with E-state index in [1.807, 2.05) is 18.2 Å². The molecule has 0 unspecified atom stereocenters. The Bertz CT molecular complexity index is 667. The monoisotopic (exact) mass is 336 g/mol. The molecule has 1 aliphatic heterocycles. The first-order chi connectivity index (χ1) is 12.2. The second kappa shape index (κ2) is 7.19. The van der Waals surface area contributed by atoms with Crippen LogP contribution in [0.4, 0.5) is 0 Å². The largest absolute Gasteiger partial charge is 0.489 e. The van der Waals surface area contributed by atoms with Gasteiger partial charge in [-0.1, -0.05) is 42.5 Å². The summed E-state index contributed by atoms with van der Waals surface area (Å²) in [5.74, 6) is 0.939. The third-order valence-electron chi connectivity index (χ3n) is 5.88.